The minimum Gasteiger partial charge on any atom is -0.345 e. The average molecular weight is 455 g/mol. The van der Waals surface area contributed by atoms with Gasteiger partial charge in [0.15, 0.2) is 0 Å². The number of para-hydroxylation sites is 1. The molecule has 0 saturated carbocycles. The van der Waals surface area contributed by atoms with Crippen LogP contribution >= 0.6 is 0 Å². The quantitative estimate of drug-likeness (QED) is 0.514. The highest BCUT2D eigenvalue weighted by atomic mass is 32.2. The van der Waals surface area contributed by atoms with Crippen molar-refractivity contribution in [3.63, 3.8) is 0 Å². The zero-order valence-electron chi connectivity index (χ0n) is 18.2. The molecule has 3 aromatic rings. The summed E-state index contributed by atoms with van der Waals surface area (Å²) in [5.41, 5.74) is 3.02. The van der Waals surface area contributed by atoms with E-state index < -0.39 is 15.8 Å². The molecule has 3 aromatic carbocycles. The molecule has 0 aliphatic carbocycles. The molecule has 7 heteroatoms. The highest BCUT2D eigenvalue weighted by molar-refractivity contribution is 7.92. The normalized spacial score (nSPS) is 12.2. The number of benzene rings is 3. The van der Waals surface area contributed by atoms with Gasteiger partial charge in [-0.15, -0.1) is 0 Å². The summed E-state index contributed by atoms with van der Waals surface area (Å²) in [6, 6.07) is 23.0. The molecule has 0 unspecified atom stereocenters. The van der Waals surface area contributed by atoms with E-state index in [1.807, 2.05) is 61.5 Å². The fourth-order valence-electron chi connectivity index (χ4n) is 3.50. The van der Waals surface area contributed by atoms with Crippen LogP contribution in [0.5, 0.6) is 0 Å². The van der Waals surface area contributed by atoms with Crippen LogP contribution in [0.2, 0.25) is 0 Å². The highest BCUT2D eigenvalue weighted by Crippen LogP contribution is 2.24. The van der Waals surface area contributed by atoms with Crippen LogP contribution < -0.4 is 9.62 Å². The Morgan fingerprint density at radius 2 is 1.53 bits per heavy atom. The van der Waals surface area contributed by atoms with Crippen molar-refractivity contribution in [2.45, 2.75) is 25.8 Å². The van der Waals surface area contributed by atoms with Crippen LogP contribution in [0.4, 0.5) is 10.1 Å². The van der Waals surface area contributed by atoms with Gasteiger partial charge in [-0.2, -0.15) is 0 Å². The Kier molecular flexibility index (Phi) is 7.64. The molecule has 32 heavy (non-hydrogen) atoms. The average Bonchev–Trinajstić information content (AvgIpc) is 2.76. The second-order valence-corrected chi connectivity index (χ2v) is 9.62. The number of aryl methyl sites for hydroxylation is 1. The van der Waals surface area contributed by atoms with E-state index in [0.29, 0.717) is 0 Å². The molecule has 5 nitrogen and oxygen atoms in total. The summed E-state index contributed by atoms with van der Waals surface area (Å²) < 4.78 is 39.5. The van der Waals surface area contributed by atoms with Gasteiger partial charge in [0.05, 0.1) is 18.0 Å². The van der Waals surface area contributed by atoms with Crippen LogP contribution in [0.1, 0.15) is 35.6 Å². The van der Waals surface area contributed by atoms with Crippen molar-refractivity contribution >= 4 is 21.6 Å². The summed E-state index contributed by atoms with van der Waals surface area (Å²) in [5.74, 6) is -0.827. The number of halogens is 1. The largest absolute Gasteiger partial charge is 0.345 e. The molecule has 0 aromatic heterocycles. The Bertz CT molecular complexity index is 1150. The Labute approximate surface area is 188 Å². The molecule has 1 N–H and O–H groups in total. The highest BCUT2D eigenvalue weighted by Gasteiger charge is 2.21. The van der Waals surface area contributed by atoms with Crippen molar-refractivity contribution in [2.24, 2.45) is 0 Å². The summed E-state index contributed by atoms with van der Waals surface area (Å²) >= 11 is 0. The third kappa shape index (κ3) is 6.17. The van der Waals surface area contributed by atoms with E-state index in [1.54, 1.807) is 6.07 Å². The molecule has 0 fully saturated rings. The molecule has 0 bridgehead atoms. The Morgan fingerprint density at radius 3 is 2.16 bits per heavy atom. The number of nitrogens with one attached hydrogen (secondary N) is 1. The number of hydrogen-bond donors (Lipinski definition) is 1. The van der Waals surface area contributed by atoms with Crippen LogP contribution in [0.25, 0.3) is 0 Å². The monoisotopic (exact) mass is 454 g/mol. The number of carbonyl (C=O) groups excluding carboxylic acids is 1. The summed E-state index contributed by atoms with van der Waals surface area (Å²) in [6.45, 7) is 2.01. The number of carbonyl (C=O) groups is 1. The molecule has 0 saturated heterocycles. The maximum absolute atomic E-state index is 14.1. The van der Waals surface area contributed by atoms with E-state index in [-0.39, 0.29) is 37.0 Å². The van der Waals surface area contributed by atoms with Crippen LogP contribution in [-0.4, -0.2) is 27.1 Å². The van der Waals surface area contributed by atoms with Crippen LogP contribution in [0.15, 0.2) is 78.9 Å². The first kappa shape index (κ1) is 23.5. The van der Waals surface area contributed by atoms with Crippen LogP contribution in [-0.2, 0) is 14.8 Å². The Hall–Kier alpha value is -3.19. The lowest BCUT2D eigenvalue weighted by molar-refractivity contribution is -0.121. The first-order chi connectivity index (χ1) is 15.3. The van der Waals surface area contributed by atoms with E-state index in [1.165, 1.54) is 18.2 Å². The molecule has 0 aliphatic heterocycles. The smallest absolute Gasteiger partial charge is 0.232 e. The number of nitrogens with zero attached hydrogens (tertiary/aromatic N) is 1. The van der Waals surface area contributed by atoms with Gasteiger partial charge in [-0.05, 0) is 36.6 Å². The minimum atomic E-state index is -3.69. The number of sulfonamides is 1. The predicted octanol–water partition coefficient (Wildman–Crippen LogP) is 4.59. The second-order valence-electron chi connectivity index (χ2n) is 7.71. The Balaban J connectivity index is 1.70. The molecule has 168 valence electrons. The van der Waals surface area contributed by atoms with E-state index in [4.69, 9.17) is 0 Å². The maximum Gasteiger partial charge on any atom is 0.232 e. The summed E-state index contributed by atoms with van der Waals surface area (Å²) in [7, 11) is -3.69. The van der Waals surface area contributed by atoms with Gasteiger partial charge in [0.1, 0.15) is 5.82 Å². The molecule has 1 amide bonds. The fourth-order valence-corrected chi connectivity index (χ4v) is 4.46. The number of rotatable bonds is 9. The molecule has 0 radical (unpaired) electrons. The van der Waals surface area contributed by atoms with Crippen molar-refractivity contribution in [2.75, 3.05) is 17.1 Å². The van der Waals surface area contributed by atoms with Crippen LogP contribution in [0, 0.1) is 12.7 Å². The number of amides is 1. The minimum absolute atomic E-state index is 0.00766. The predicted molar refractivity (Wildman–Crippen MR) is 125 cm³/mol. The van der Waals surface area contributed by atoms with Crippen molar-refractivity contribution in [1.29, 1.82) is 0 Å². The van der Waals surface area contributed by atoms with Gasteiger partial charge in [0.2, 0.25) is 15.9 Å². The van der Waals surface area contributed by atoms with Crippen molar-refractivity contribution in [1.82, 2.24) is 5.32 Å². The topological polar surface area (TPSA) is 66.5 Å². The summed E-state index contributed by atoms with van der Waals surface area (Å²) in [6.07, 6.45) is 1.39. The molecule has 3 rings (SSSR count). The van der Waals surface area contributed by atoms with Gasteiger partial charge in [-0.3, -0.25) is 9.10 Å². The Morgan fingerprint density at radius 1 is 0.938 bits per heavy atom. The third-order valence-electron chi connectivity index (χ3n) is 5.14. The molecule has 1 atom stereocenters. The lowest BCUT2D eigenvalue weighted by Gasteiger charge is -2.23. The van der Waals surface area contributed by atoms with Crippen LogP contribution in [0.3, 0.4) is 0 Å². The van der Waals surface area contributed by atoms with E-state index in [0.717, 1.165) is 27.3 Å². The maximum atomic E-state index is 14.1. The third-order valence-corrected chi connectivity index (χ3v) is 6.32. The SMILES string of the molecule is Cc1ccc([C@H](NC(=O)CCCN(c2ccccc2F)S(C)(=O)=O)c2ccccc2)cc1. The molecule has 0 heterocycles. The van der Waals surface area contributed by atoms with Crippen molar-refractivity contribution < 1.29 is 17.6 Å². The molecule has 0 aliphatic rings. The lowest BCUT2D eigenvalue weighted by Crippen LogP contribution is -2.33. The summed E-state index contributed by atoms with van der Waals surface area (Å²) in [4.78, 5) is 12.7. The molecule has 0 spiro atoms. The van der Waals surface area contributed by atoms with Gasteiger partial charge in [-0.25, -0.2) is 12.8 Å². The van der Waals surface area contributed by atoms with Gasteiger partial charge < -0.3 is 5.32 Å². The van der Waals surface area contributed by atoms with Gasteiger partial charge in [-0.1, -0.05) is 72.3 Å². The van der Waals surface area contributed by atoms with E-state index in [2.05, 4.69) is 5.32 Å². The summed E-state index contributed by atoms with van der Waals surface area (Å²) in [5, 5.41) is 3.05. The van der Waals surface area contributed by atoms with E-state index >= 15 is 0 Å². The van der Waals surface area contributed by atoms with Gasteiger partial charge in [0.25, 0.3) is 0 Å². The zero-order chi connectivity index (χ0) is 23.1. The molecular weight excluding hydrogens is 427 g/mol. The second kappa shape index (κ2) is 10.4. The zero-order valence-corrected chi connectivity index (χ0v) is 19.0. The standard InChI is InChI=1S/C25H27FN2O3S/c1-19-14-16-21(17-15-19)25(20-9-4-3-5-10-20)27-24(29)13-8-18-28(32(2,30)31)23-12-7-6-11-22(23)26/h3-7,9-12,14-17,25H,8,13,18H2,1-2H3,(H,27,29)/t25-/m1/s1. The van der Waals surface area contributed by atoms with Crippen molar-refractivity contribution in [3.8, 4) is 0 Å². The van der Waals surface area contributed by atoms with Gasteiger partial charge >= 0.3 is 0 Å². The fraction of sp³-hybridized carbons (Fsp3) is 0.240. The van der Waals surface area contributed by atoms with E-state index in [9.17, 15) is 17.6 Å². The number of anilines is 1. The first-order valence-corrected chi connectivity index (χ1v) is 12.2. The lowest BCUT2D eigenvalue weighted by atomic mass is 9.97. The molecular formula is C25H27FN2O3S. The van der Waals surface area contributed by atoms with Gasteiger partial charge in [0, 0.05) is 13.0 Å². The first-order valence-electron chi connectivity index (χ1n) is 10.4. The number of hydrogen-bond acceptors (Lipinski definition) is 3. The van der Waals surface area contributed by atoms with Crippen molar-refractivity contribution in [3.05, 3.63) is 101 Å².